The van der Waals surface area contributed by atoms with Crippen LogP contribution in [0.15, 0.2) is 114 Å². The molecule has 0 bridgehead atoms. The van der Waals surface area contributed by atoms with Crippen LogP contribution in [0, 0.1) is 0 Å². The largest absolute Gasteiger partial charge is 0.144 e. The summed E-state index contributed by atoms with van der Waals surface area (Å²) in [5, 5.41) is 7.76. The Morgan fingerprint density at radius 2 is 1.07 bits per heavy atom. The summed E-state index contributed by atoms with van der Waals surface area (Å²) < 4.78 is 0. The van der Waals surface area contributed by atoms with E-state index < -0.39 is 7.26 Å². The van der Waals surface area contributed by atoms with E-state index in [4.69, 9.17) is 0 Å². The summed E-state index contributed by atoms with van der Waals surface area (Å²) in [5.74, 6) is 0. The van der Waals surface area contributed by atoms with Crippen LogP contribution in [0.25, 0.3) is 6.08 Å². The van der Waals surface area contributed by atoms with Gasteiger partial charge < -0.3 is 0 Å². The van der Waals surface area contributed by atoms with Gasteiger partial charge in [0.1, 0.15) is 23.2 Å². The van der Waals surface area contributed by atoms with Crippen molar-refractivity contribution in [2.45, 2.75) is 6.92 Å². The lowest BCUT2D eigenvalue weighted by molar-refractivity contribution is 1.65. The molecule has 0 amide bonds. The van der Waals surface area contributed by atoms with E-state index in [1.807, 2.05) is 0 Å². The van der Waals surface area contributed by atoms with Crippen molar-refractivity contribution in [1.29, 1.82) is 0 Å². The average molecular weight is 385 g/mol. The Morgan fingerprint density at radius 1 is 0.630 bits per heavy atom. The summed E-state index contributed by atoms with van der Waals surface area (Å²) in [7, 11) is -1.92. The van der Waals surface area contributed by atoms with Crippen LogP contribution < -0.4 is 15.9 Å². The van der Waals surface area contributed by atoms with Crippen LogP contribution in [-0.2, 0) is 0 Å². The maximum Gasteiger partial charge on any atom is 0.139 e. The molecule has 0 saturated carbocycles. The molecular formula is C25H22PS+. The molecule has 0 unspecified atom stereocenters. The molecule has 3 aromatic carbocycles. The molecule has 27 heavy (non-hydrogen) atoms. The summed E-state index contributed by atoms with van der Waals surface area (Å²) in [6.07, 6.45) is 2.38. The van der Waals surface area contributed by atoms with Gasteiger partial charge in [-0.15, -0.1) is 11.3 Å². The third-order valence-corrected chi connectivity index (χ3v) is 10.1. The molecule has 0 nitrogen and oxygen atoms in total. The average Bonchev–Trinajstić information content (AvgIpc) is 3.24. The van der Waals surface area contributed by atoms with Crippen molar-refractivity contribution in [1.82, 2.24) is 0 Å². The van der Waals surface area contributed by atoms with Crippen LogP contribution in [0.3, 0.4) is 0 Å². The molecule has 2 heteroatoms. The van der Waals surface area contributed by atoms with Gasteiger partial charge in [0, 0.05) is 4.88 Å². The Hall–Kier alpha value is -2.47. The minimum atomic E-state index is -1.92. The second kappa shape index (κ2) is 8.05. The van der Waals surface area contributed by atoms with E-state index in [2.05, 4.69) is 122 Å². The Balaban J connectivity index is 2.07. The maximum absolute atomic E-state index is 2.38. The third-order valence-electron chi connectivity index (χ3n) is 4.85. The summed E-state index contributed by atoms with van der Waals surface area (Å²) in [6.45, 7) is 2.31. The highest BCUT2D eigenvalue weighted by Gasteiger charge is 2.47. The highest BCUT2D eigenvalue weighted by atomic mass is 32.1. The molecule has 0 aliphatic heterocycles. The van der Waals surface area contributed by atoms with Gasteiger partial charge in [-0.1, -0.05) is 60.7 Å². The zero-order valence-electron chi connectivity index (χ0n) is 15.3. The summed E-state index contributed by atoms with van der Waals surface area (Å²) in [5.41, 5.74) is 0. The molecule has 4 rings (SSSR count). The topological polar surface area (TPSA) is 0 Å². The van der Waals surface area contributed by atoms with Crippen LogP contribution >= 0.6 is 18.6 Å². The van der Waals surface area contributed by atoms with Crippen LogP contribution in [0.1, 0.15) is 11.8 Å². The van der Waals surface area contributed by atoms with E-state index >= 15 is 0 Å². The predicted molar refractivity (Wildman–Crippen MR) is 123 cm³/mol. The monoisotopic (exact) mass is 385 g/mol. The summed E-state index contributed by atoms with van der Waals surface area (Å²) in [6, 6.07) is 37.3. The lowest BCUT2D eigenvalue weighted by Gasteiger charge is -2.28. The van der Waals surface area contributed by atoms with Crippen LogP contribution in [-0.4, -0.2) is 0 Å². The predicted octanol–water partition coefficient (Wildman–Crippen LogP) is 6.10. The minimum absolute atomic E-state index is 1.31. The highest BCUT2D eigenvalue weighted by molar-refractivity contribution is 7.99. The summed E-state index contributed by atoms with van der Waals surface area (Å²) >= 11 is 1.79. The second-order valence-corrected chi connectivity index (χ2v) is 11.1. The Labute approximate surface area is 166 Å². The zero-order chi connectivity index (χ0) is 18.5. The molecule has 0 spiro atoms. The van der Waals surface area contributed by atoms with Gasteiger partial charge in [-0.05, 0) is 60.8 Å². The van der Waals surface area contributed by atoms with E-state index in [1.54, 1.807) is 11.3 Å². The second-order valence-electron chi connectivity index (χ2n) is 6.48. The van der Waals surface area contributed by atoms with Crippen LogP contribution in [0.2, 0.25) is 0 Å². The lowest BCUT2D eigenvalue weighted by atomic mass is 10.3. The van der Waals surface area contributed by atoms with Gasteiger partial charge in [-0.2, -0.15) is 0 Å². The number of rotatable bonds is 5. The molecule has 1 heterocycles. The van der Waals surface area contributed by atoms with Crippen LogP contribution in [0.5, 0.6) is 0 Å². The first kappa shape index (κ1) is 17.9. The number of hydrogen-bond acceptors (Lipinski definition) is 1. The van der Waals surface area contributed by atoms with Crippen molar-refractivity contribution in [2.75, 3.05) is 0 Å². The molecule has 0 saturated heterocycles. The summed E-state index contributed by atoms with van der Waals surface area (Å²) in [4.78, 5) is 1.31. The van der Waals surface area contributed by atoms with Crippen molar-refractivity contribution >= 4 is 40.6 Å². The van der Waals surface area contributed by atoms with E-state index in [9.17, 15) is 0 Å². The molecule has 0 atom stereocenters. The van der Waals surface area contributed by atoms with Crippen LogP contribution in [0.4, 0.5) is 0 Å². The van der Waals surface area contributed by atoms with E-state index in [-0.39, 0.29) is 0 Å². The molecule has 0 N–H and O–H groups in total. The molecule has 1 aromatic heterocycles. The molecular weight excluding hydrogens is 363 g/mol. The van der Waals surface area contributed by atoms with Gasteiger partial charge in [0.25, 0.3) is 0 Å². The lowest BCUT2D eigenvalue weighted by Crippen LogP contribution is -2.31. The van der Waals surface area contributed by atoms with Gasteiger partial charge in [0.15, 0.2) is 0 Å². The Kier molecular flexibility index (Phi) is 5.34. The molecule has 132 valence electrons. The first-order valence-electron chi connectivity index (χ1n) is 9.10. The van der Waals surface area contributed by atoms with Gasteiger partial charge in [-0.3, -0.25) is 0 Å². The smallest absolute Gasteiger partial charge is 0.139 e. The van der Waals surface area contributed by atoms with E-state index in [1.165, 1.54) is 26.1 Å². The molecule has 0 aliphatic rings. The first-order chi connectivity index (χ1) is 13.3. The van der Waals surface area contributed by atoms with Crippen molar-refractivity contribution in [3.05, 3.63) is 119 Å². The fraction of sp³-hybridized carbons (Fsp3) is 0.0400. The normalized spacial score (nSPS) is 12.1. The standard InChI is InChI=1S/C25H22PS/c1-21(20-25-18-11-19-27-25)26(22-12-5-2-6-13-22,23-14-7-3-8-15-23)24-16-9-4-10-17-24/h2-20H,1H3/q+1/b21-20+. The SMILES string of the molecule is C/C(=C\c1cccs1)[P+](c1ccccc1)(c1ccccc1)c1ccccc1. The Bertz CT molecular complexity index is 907. The third kappa shape index (κ3) is 3.41. The van der Waals surface area contributed by atoms with E-state index in [0.29, 0.717) is 0 Å². The highest BCUT2D eigenvalue weighted by Crippen LogP contribution is 2.62. The minimum Gasteiger partial charge on any atom is -0.144 e. The number of thiophene rings is 1. The van der Waals surface area contributed by atoms with Gasteiger partial charge >= 0.3 is 0 Å². The molecule has 0 aliphatic carbocycles. The first-order valence-corrected chi connectivity index (χ1v) is 11.8. The number of benzene rings is 3. The van der Waals surface area contributed by atoms with Gasteiger partial charge in [0.2, 0.25) is 0 Å². The molecule has 0 radical (unpaired) electrons. The fourth-order valence-electron chi connectivity index (χ4n) is 3.69. The fourth-order valence-corrected chi connectivity index (χ4v) is 8.80. The van der Waals surface area contributed by atoms with E-state index in [0.717, 1.165) is 0 Å². The number of allylic oxidation sites excluding steroid dienone is 1. The van der Waals surface area contributed by atoms with Gasteiger partial charge in [-0.25, -0.2) is 0 Å². The molecule has 4 aromatic rings. The van der Waals surface area contributed by atoms with Crippen molar-refractivity contribution in [3.63, 3.8) is 0 Å². The van der Waals surface area contributed by atoms with Crippen molar-refractivity contribution in [3.8, 4) is 0 Å². The molecule has 0 fully saturated rings. The maximum atomic E-state index is 2.38. The Morgan fingerprint density at radius 3 is 1.44 bits per heavy atom. The zero-order valence-corrected chi connectivity index (χ0v) is 17.0. The quantitative estimate of drug-likeness (QED) is 0.364. The van der Waals surface area contributed by atoms with Gasteiger partial charge in [0.05, 0.1) is 5.31 Å². The van der Waals surface area contributed by atoms with Crippen molar-refractivity contribution < 1.29 is 0 Å². The number of hydrogen-bond donors (Lipinski definition) is 0. The van der Waals surface area contributed by atoms with Crippen molar-refractivity contribution in [2.24, 2.45) is 0 Å².